The van der Waals surface area contributed by atoms with Crippen LogP contribution in [-0.2, 0) is 13.0 Å². The van der Waals surface area contributed by atoms with Gasteiger partial charge in [-0.25, -0.2) is 28.7 Å². The molecular weight excluding hydrogens is 446 g/mol. The highest BCUT2D eigenvalue weighted by Gasteiger charge is 2.18. The Balaban J connectivity index is 1.19. The third kappa shape index (κ3) is 4.78. The molecule has 11 heteroatoms. The van der Waals surface area contributed by atoms with Crippen LogP contribution < -0.4 is 10.6 Å². The van der Waals surface area contributed by atoms with Crippen LogP contribution in [0.15, 0.2) is 48.9 Å². The number of hydrogen-bond donors (Lipinski definition) is 3. The molecule has 0 fully saturated rings. The second-order valence-electron chi connectivity index (χ2n) is 7.34. The van der Waals surface area contributed by atoms with E-state index in [0.29, 0.717) is 34.1 Å². The van der Waals surface area contributed by atoms with E-state index in [1.165, 1.54) is 36.0 Å². The van der Waals surface area contributed by atoms with Crippen molar-refractivity contribution in [3.05, 3.63) is 71.3 Å². The van der Waals surface area contributed by atoms with Gasteiger partial charge in [0.25, 0.3) is 0 Å². The summed E-state index contributed by atoms with van der Waals surface area (Å²) in [5.74, 6) is 0.860. The molecule has 1 aromatic carbocycles. The normalized spacial score (nSPS) is 12.4. The Kier molecular flexibility index (Phi) is 6.13. The molecule has 0 amide bonds. The fourth-order valence-corrected chi connectivity index (χ4v) is 4.28. The molecule has 0 aliphatic rings. The van der Waals surface area contributed by atoms with Crippen molar-refractivity contribution in [1.82, 2.24) is 35.2 Å². The molecule has 5 rings (SSSR count). The third-order valence-corrected chi connectivity index (χ3v) is 6.09. The number of fused-ring (bicyclic) bond motifs is 2. The first-order valence-corrected chi connectivity index (χ1v) is 11.2. The lowest BCUT2D eigenvalue weighted by atomic mass is 10.3. The van der Waals surface area contributed by atoms with Crippen molar-refractivity contribution in [3.63, 3.8) is 0 Å². The molecule has 0 saturated heterocycles. The number of aromatic amines is 1. The van der Waals surface area contributed by atoms with Crippen molar-refractivity contribution in [2.45, 2.75) is 19.1 Å². The number of pyridine rings is 1. The van der Waals surface area contributed by atoms with Gasteiger partial charge in [-0.05, 0) is 24.3 Å². The number of H-pyrrole nitrogens is 1. The molecule has 5 aromatic rings. The molecule has 3 N–H and O–H groups in total. The zero-order valence-electron chi connectivity index (χ0n) is 17.4. The van der Waals surface area contributed by atoms with E-state index >= 15 is 0 Å². The van der Waals surface area contributed by atoms with Crippen molar-refractivity contribution in [1.29, 1.82) is 0 Å². The Morgan fingerprint density at radius 2 is 1.97 bits per heavy atom. The Labute approximate surface area is 191 Å². The fourth-order valence-electron chi connectivity index (χ4n) is 3.40. The largest absolute Gasteiger partial charge is 0.362 e. The van der Waals surface area contributed by atoms with Crippen LogP contribution in [0.4, 0.5) is 14.6 Å². The lowest BCUT2D eigenvalue weighted by Gasteiger charge is -2.06. The number of aromatic nitrogens is 6. The Morgan fingerprint density at radius 1 is 1.06 bits per heavy atom. The predicted molar refractivity (Wildman–Crippen MR) is 123 cm³/mol. The highest BCUT2D eigenvalue weighted by atomic mass is 32.1. The summed E-state index contributed by atoms with van der Waals surface area (Å²) in [6, 6.07) is 10.7. The van der Waals surface area contributed by atoms with E-state index in [0.717, 1.165) is 16.9 Å². The summed E-state index contributed by atoms with van der Waals surface area (Å²) in [6.07, 6.45) is 2.26. The summed E-state index contributed by atoms with van der Waals surface area (Å²) in [5, 5.41) is 6.45. The average Bonchev–Trinajstić information content (AvgIpc) is 3.45. The quantitative estimate of drug-likeness (QED) is 0.283. The first kappa shape index (κ1) is 21.3. The molecule has 0 radical (unpaired) electrons. The van der Waals surface area contributed by atoms with Gasteiger partial charge in [-0.2, -0.15) is 0 Å². The third-order valence-electron chi connectivity index (χ3n) is 5.04. The standard InChI is InChI=1S/C22H20F2N8S/c23-13-4-3-8-26-17(13)11-27-20-19-22(29-12-28-20)33-21(32-19)14(24)10-25-9-7-18-30-15-5-1-2-6-16(15)31-18/h1-6,8,12,14,25H,7,9-11H2,(H,30,31)(H,27,28,29). The number of rotatable bonds is 9. The number of halogens is 2. The van der Waals surface area contributed by atoms with Crippen LogP contribution in [0, 0.1) is 5.82 Å². The van der Waals surface area contributed by atoms with Gasteiger partial charge in [0.05, 0.1) is 23.3 Å². The maximum atomic E-state index is 14.8. The van der Waals surface area contributed by atoms with Crippen LogP contribution in [-0.4, -0.2) is 43.0 Å². The SMILES string of the molecule is Fc1cccnc1CNc1ncnc2sc(C(F)CNCCc3nc4ccccc4[nH]3)nc12. The van der Waals surface area contributed by atoms with Crippen LogP contribution in [0.25, 0.3) is 21.4 Å². The number of nitrogens with one attached hydrogen (secondary N) is 3. The minimum Gasteiger partial charge on any atom is -0.362 e. The smallest absolute Gasteiger partial charge is 0.164 e. The maximum absolute atomic E-state index is 14.8. The van der Waals surface area contributed by atoms with Crippen molar-refractivity contribution in [2.24, 2.45) is 0 Å². The van der Waals surface area contributed by atoms with E-state index in [4.69, 9.17) is 0 Å². The first-order chi connectivity index (χ1) is 16.2. The lowest BCUT2D eigenvalue weighted by molar-refractivity contribution is 0.328. The summed E-state index contributed by atoms with van der Waals surface area (Å²) >= 11 is 1.18. The summed E-state index contributed by atoms with van der Waals surface area (Å²) in [4.78, 5) is 25.1. The molecule has 4 aromatic heterocycles. The van der Waals surface area contributed by atoms with Crippen LogP contribution in [0.3, 0.4) is 0 Å². The number of benzene rings is 1. The Morgan fingerprint density at radius 3 is 2.85 bits per heavy atom. The number of para-hydroxylation sites is 2. The number of imidazole rings is 1. The highest BCUT2D eigenvalue weighted by molar-refractivity contribution is 7.18. The van der Waals surface area contributed by atoms with Gasteiger partial charge in [0, 0.05) is 25.7 Å². The number of anilines is 1. The predicted octanol–water partition coefficient (Wildman–Crippen LogP) is 3.95. The summed E-state index contributed by atoms with van der Waals surface area (Å²) in [6.45, 7) is 0.830. The molecule has 4 heterocycles. The number of alkyl halides is 1. The van der Waals surface area contributed by atoms with Crippen LogP contribution in [0.1, 0.15) is 22.7 Å². The Hall–Kier alpha value is -3.57. The highest BCUT2D eigenvalue weighted by Crippen LogP contribution is 2.30. The fraction of sp³-hybridized carbons (Fsp3) is 0.227. The van der Waals surface area contributed by atoms with Crippen molar-refractivity contribution < 1.29 is 8.78 Å². The van der Waals surface area contributed by atoms with Gasteiger partial charge < -0.3 is 15.6 Å². The topological polar surface area (TPSA) is 104 Å². The van der Waals surface area contributed by atoms with Crippen molar-refractivity contribution in [2.75, 3.05) is 18.4 Å². The summed E-state index contributed by atoms with van der Waals surface area (Å²) in [7, 11) is 0. The monoisotopic (exact) mass is 466 g/mol. The van der Waals surface area contributed by atoms with E-state index < -0.39 is 12.0 Å². The van der Waals surface area contributed by atoms with Crippen LogP contribution in [0.5, 0.6) is 0 Å². The van der Waals surface area contributed by atoms with E-state index in [2.05, 4.69) is 40.5 Å². The van der Waals surface area contributed by atoms with E-state index in [1.54, 1.807) is 0 Å². The van der Waals surface area contributed by atoms with Crippen LogP contribution in [0.2, 0.25) is 0 Å². The molecule has 0 aliphatic carbocycles. The van der Waals surface area contributed by atoms with Gasteiger partial charge in [-0.15, -0.1) is 0 Å². The van der Waals surface area contributed by atoms with Gasteiger partial charge in [0.1, 0.15) is 33.3 Å². The maximum Gasteiger partial charge on any atom is 0.164 e. The summed E-state index contributed by atoms with van der Waals surface area (Å²) < 4.78 is 28.7. The van der Waals surface area contributed by atoms with Gasteiger partial charge >= 0.3 is 0 Å². The molecule has 0 saturated carbocycles. The van der Waals surface area contributed by atoms with E-state index in [-0.39, 0.29) is 18.8 Å². The van der Waals surface area contributed by atoms with Gasteiger partial charge in [0.2, 0.25) is 0 Å². The first-order valence-electron chi connectivity index (χ1n) is 10.4. The molecule has 1 unspecified atom stereocenters. The van der Waals surface area contributed by atoms with Crippen molar-refractivity contribution in [3.8, 4) is 0 Å². The van der Waals surface area contributed by atoms with Crippen molar-refractivity contribution >= 4 is 38.5 Å². The number of hydrogen-bond acceptors (Lipinski definition) is 8. The molecule has 1 atom stereocenters. The second-order valence-corrected chi connectivity index (χ2v) is 8.35. The molecule has 33 heavy (non-hydrogen) atoms. The number of thiazole rings is 1. The molecule has 0 aliphatic heterocycles. The molecule has 168 valence electrons. The van der Waals surface area contributed by atoms with Gasteiger partial charge in [-0.1, -0.05) is 23.5 Å². The molecule has 8 nitrogen and oxygen atoms in total. The zero-order chi connectivity index (χ0) is 22.6. The van der Waals surface area contributed by atoms with Gasteiger partial charge in [-0.3, -0.25) is 4.98 Å². The zero-order valence-corrected chi connectivity index (χ0v) is 18.2. The molecule has 0 bridgehead atoms. The minimum absolute atomic E-state index is 0.120. The van der Waals surface area contributed by atoms with Crippen LogP contribution >= 0.6 is 11.3 Å². The summed E-state index contributed by atoms with van der Waals surface area (Å²) in [5.41, 5.74) is 2.62. The molecule has 0 spiro atoms. The lowest BCUT2D eigenvalue weighted by Crippen LogP contribution is -2.22. The van der Waals surface area contributed by atoms with E-state index in [9.17, 15) is 8.78 Å². The number of nitrogens with zero attached hydrogens (tertiary/aromatic N) is 5. The van der Waals surface area contributed by atoms with Gasteiger partial charge in [0.15, 0.2) is 12.0 Å². The Bertz CT molecular complexity index is 1350. The second kappa shape index (κ2) is 9.51. The minimum atomic E-state index is -1.29. The molecular formula is C22H20F2N8S. The average molecular weight is 467 g/mol. The van der Waals surface area contributed by atoms with E-state index in [1.807, 2.05) is 24.3 Å².